The van der Waals surface area contributed by atoms with Crippen LogP contribution in [-0.4, -0.2) is 19.3 Å². The van der Waals surface area contributed by atoms with E-state index in [0.29, 0.717) is 16.6 Å². The fourth-order valence-electron chi connectivity index (χ4n) is 2.25. The van der Waals surface area contributed by atoms with E-state index in [1.54, 1.807) is 12.1 Å². The van der Waals surface area contributed by atoms with E-state index in [9.17, 15) is 4.39 Å². The van der Waals surface area contributed by atoms with Gasteiger partial charge < -0.3 is 10.1 Å². The summed E-state index contributed by atoms with van der Waals surface area (Å²) < 4.78 is 20.5. The van der Waals surface area contributed by atoms with Gasteiger partial charge in [0.05, 0.1) is 16.1 Å². The monoisotopic (exact) mass is 317 g/mol. The largest absolute Gasteiger partial charge is 0.374 e. The van der Waals surface area contributed by atoms with E-state index in [1.807, 2.05) is 27.0 Å². The van der Waals surface area contributed by atoms with Crippen LogP contribution >= 0.6 is 15.9 Å². The van der Waals surface area contributed by atoms with Crippen LogP contribution in [0.3, 0.4) is 0 Å². The highest BCUT2D eigenvalue weighted by Gasteiger charge is 2.35. The molecule has 0 saturated carbocycles. The van der Waals surface area contributed by atoms with Gasteiger partial charge in [0.15, 0.2) is 0 Å². The summed E-state index contributed by atoms with van der Waals surface area (Å²) in [7, 11) is 1.83. The molecule has 0 fully saturated rings. The number of hydrogen-bond donors (Lipinski definition) is 1. The zero-order valence-corrected chi connectivity index (χ0v) is 13.0. The second-order valence-electron chi connectivity index (χ2n) is 4.46. The van der Waals surface area contributed by atoms with Gasteiger partial charge in [-0.15, -0.1) is 0 Å². The van der Waals surface area contributed by atoms with Crippen LogP contribution < -0.4 is 5.32 Å². The van der Waals surface area contributed by atoms with Gasteiger partial charge in [-0.3, -0.25) is 0 Å². The maximum absolute atomic E-state index is 14.2. The zero-order valence-electron chi connectivity index (χ0n) is 11.4. The van der Waals surface area contributed by atoms with Crippen molar-refractivity contribution in [3.8, 4) is 0 Å². The maximum atomic E-state index is 14.2. The molecule has 0 radical (unpaired) electrons. The standard InChI is InChI=1S/C14H21BrFNO/c1-5-14(3,18-6-2)13(17-4)10-8-7-9-11(15)12(10)16/h7-9,13,17H,5-6H2,1-4H3. The SMILES string of the molecule is CCOC(C)(CC)C(NC)c1cccc(Br)c1F. The number of nitrogens with one attached hydrogen (secondary N) is 1. The average Bonchev–Trinajstić information content (AvgIpc) is 2.35. The molecule has 0 saturated heterocycles. The molecule has 0 aliphatic carbocycles. The van der Waals surface area contributed by atoms with Crippen LogP contribution in [0.2, 0.25) is 0 Å². The second-order valence-corrected chi connectivity index (χ2v) is 5.32. The van der Waals surface area contributed by atoms with Crippen LogP contribution in [-0.2, 0) is 4.74 Å². The predicted molar refractivity (Wildman–Crippen MR) is 76.2 cm³/mol. The highest BCUT2D eigenvalue weighted by Crippen LogP contribution is 2.34. The molecular formula is C14H21BrFNO. The molecule has 2 unspecified atom stereocenters. The van der Waals surface area contributed by atoms with E-state index >= 15 is 0 Å². The van der Waals surface area contributed by atoms with Crippen LogP contribution in [0.4, 0.5) is 4.39 Å². The molecule has 4 heteroatoms. The van der Waals surface area contributed by atoms with Crippen molar-refractivity contribution in [1.82, 2.24) is 5.32 Å². The Balaban J connectivity index is 3.19. The lowest BCUT2D eigenvalue weighted by Gasteiger charge is -2.37. The highest BCUT2D eigenvalue weighted by atomic mass is 79.9. The zero-order chi connectivity index (χ0) is 13.8. The fraction of sp³-hybridized carbons (Fsp3) is 0.571. The van der Waals surface area contributed by atoms with Crippen LogP contribution in [0.25, 0.3) is 0 Å². The molecule has 0 aliphatic heterocycles. The molecule has 2 atom stereocenters. The van der Waals surface area contributed by atoms with Crippen molar-refractivity contribution in [3.05, 3.63) is 34.1 Å². The average molecular weight is 318 g/mol. The molecule has 1 rings (SSSR count). The first-order chi connectivity index (χ1) is 8.50. The molecule has 0 aromatic heterocycles. The van der Waals surface area contributed by atoms with Crippen LogP contribution in [0, 0.1) is 5.82 Å². The van der Waals surface area contributed by atoms with Crippen molar-refractivity contribution in [1.29, 1.82) is 0 Å². The van der Waals surface area contributed by atoms with Gasteiger partial charge in [-0.1, -0.05) is 19.1 Å². The van der Waals surface area contributed by atoms with Gasteiger partial charge in [0.25, 0.3) is 0 Å². The van der Waals surface area contributed by atoms with E-state index in [2.05, 4.69) is 28.2 Å². The number of halogens is 2. The van der Waals surface area contributed by atoms with Gasteiger partial charge in [-0.25, -0.2) is 4.39 Å². The third-order valence-electron chi connectivity index (χ3n) is 3.37. The van der Waals surface area contributed by atoms with Crippen molar-refractivity contribution < 1.29 is 9.13 Å². The van der Waals surface area contributed by atoms with Crippen molar-refractivity contribution in [3.63, 3.8) is 0 Å². The van der Waals surface area contributed by atoms with Crippen molar-refractivity contribution in [2.24, 2.45) is 0 Å². The third kappa shape index (κ3) is 3.11. The van der Waals surface area contributed by atoms with Gasteiger partial charge in [0.1, 0.15) is 5.82 Å². The first kappa shape index (κ1) is 15.6. The number of benzene rings is 1. The minimum absolute atomic E-state index is 0.181. The summed E-state index contributed by atoms with van der Waals surface area (Å²) in [5.74, 6) is -0.226. The van der Waals surface area contributed by atoms with Crippen LogP contribution in [0.1, 0.15) is 38.8 Å². The Morgan fingerprint density at radius 3 is 2.61 bits per heavy atom. The molecule has 18 heavy (non-hydrogen) atoms. The Morgan fingerprint density at radius 2 is 2.11 bits per heavy atom. The fourth-order valence-corrected chi connectivity index (χ4v) is 2.63. The summed E-state index contributed by atoms with van der Waals surface area (Å²) >= 11 is 3.23. The Hall–Kier alpha value is -0.450. The molecule has 0 spiro atoms. The molecular weight excluding hydrogens is 297 g/mol. The first-order valence-electron chi connectivity index (χ1n) is 6.25. The maximum Gasteiger partial charge on any atom is 0.142 e. The molecule has 2 nitrogen and oxygen atoms in total. The number of hydrogen-bond acceptors (Lipinski definition) is 2. The first-order valence-corrected chi connectivity index (χ1v) is 7.04. The molecule has 0 aliphatic rings. The highest BCUT2D eigenvalue weighted by molar-refractivity contribution is 9.10. The Bertz CT molecular complexity index is 399. The van der Waals surface area contributed by atoms with Crippen molar-refractivity contribution in [2.45, 2.75) is 38.8 Å². The normalized spacial score (nSPS) is 16.3. The number of likely N-dealkylation sites (N-methyl/N-ethyl adjacent to an activating group) is 1. The quantitative estimate of drug-likeness (QED) is 0.854. The van der Waals surface area contributed by atoms with E-state index in [4.69, 9.17) is 4.74 Å². The lowest BCUT2D eigenvalue weighted by Crippen LogP contribution is -2.42. The van der Waals surface area contributed by atoms with Crippen molar-refractivity contribution in [2.75, 3.05) is 13.7 Å². The van der Waals surface area contributed by atoms with Crippen molar-refractivity contribution >= 4 is 15.9 Å². The predicted octanol–water partition coefficient (Wildman–Crippen LogP) is 4.05. The van der Waals surface area contributed by atoms with E-state index in [0.717, 1.165) is 6.42 Å². The van der Waals surface area contributed by atoms with E-state index < -0.39 is 5.60 Å². The summed E-state index contributed by atoms with van der Waals surface area (Å²) in [6.07, 6.45) is 0.804. The molecule has 1 aromatic carbocycles. The second kappa shape index (κ2) is 6.64. The van der Waals surface area contributed by atoms with Gasteiger partial charge in [0, 0.05) is 12.2 Å². The summed E-state index contributed by atoms with van der Waals surface area (Å²) in [5, 5.41) is 3.18. The lowest BCUT2D eigenvalue weighted by atomic mass is 9.87. The molecule has 0 bridgehead atoms. The lowest BCUT2D eigenvalue weighted by molar-refractivity contribution is -0.0554. The molecule has 0 heterocycles. The number of ether oxygens (including phenoxy) is 1. The van der Waals surface area contributed by atoms with E-state index in [1.165, 1.54) is 0 Å². The van der Waals surface area contributed by atoms with Crippen LogP contribution in [0.5, 0.6) is 0 Å². The topological polar surface area (TPSA) is 21.3 Å². The summed E-state index contributed by atoms with van der Waals surface area (Å²) in [6, 6.07) is 5.17. The summed E-state index contributed by atoms with van der Waals surface area (Å²) in [5.41, 5.74) is 0.204. The van der Waals surface area contributed by atoms with Gasteiger partial charge in [-0.05, 0) is 49.3 Å². The number of rotatable bonds is 6. The third-order valence-corrected chi connectivity index (χ3v) is 3.98. The van der Waals surface area contributed by atoms with Crippen LogP contribution in [0.15, 0.2) is 22.7 Å². The smallest absolute Gasteiger partial charge is 0.142 e. The summed E-state index contributed by atoms with van der Waals surface area (Å²) in [6.45, 7) is 6.63. The minimum atomic E-state index is -0.425. The molecule has 102 valence electrons. The minimum Gasteiger partial charge on any atom is -0.374 e. The molecule has 1 aromatic rings. The Kier molecular flexibility index (Phi) is 5.76. The van der Waals surface area contributed by atoms with Gasteiger partial charge in [-0.2, -0.15) is 0 Å². The Labute approximate surface area is 117 Å². The molecule has 1 N–H and O–H groups in total. The van der Waals surface area contributed by atoms with E-state index in [-0.39, 0.29) is 11.9 Å². The molecule has 0 amide bonds. The van der Waals surface area contributed by atoms with Gasteiger partial charge >= 0.3 is 0 Å². The summed E-state index contributed by atoms with van der Waals surface area (Å²) in [4.78, 5) is 0. The Morgan fingerprint density at radius 1 is 1.44 bits per heavy atom. The van der Waals surface area contributed by atoms with Gasteiger partial charge in [0.2, 0.25) is 0 Å².